The molecule has 1 amide bonds. The standard InChI is InChI=1S/C16H20FN5O3/c1-10-7-12(25-19-10)9-21-16(24)22-13(3-2-4-14(22)18-21)15(23)20-6-5-11(17)8-20/h7,11,13H,2-6,8-9H2,1H3/t11-,13+/m0/s1. The molecule has 1 fully saturated rings. The van der Waals surface area contributed by atoms with Crippen molar-refractivity contribution >= 4 is 5.91 Å². The number of carbonyl (C=O) groups excluding carboxylic acids is 1. The van der Waals surface area contributed by atoms with Gasteiger partial charge >= 0.3 is 5.69 Å². The highest BCUT2D eigenvalue weighted by Gasteiger charge is 2.36. The predicted octanol–water partition coefficient (Wildman–Crippen LogP) is 0.837. The van der Waals surface area contributed by atoms with E-state index < -0.39 is 12.2 Å². The number of nitrogens with zero attached hydrogens (tertiary/aromatic N) is 5. The molecule has 0 N–H and O–H groups in total. The number of carbonyl (C=O) groups is 1. The maximum Gasteiger partial charge on any atom is 0.347 e. The Balaban J connectivity index is 1.62. The van der Waals surface area contributed by atoms with Gasteiger partial charge in [0, 0.05) is 19.0 Å². The highest BCUT2D eigenvalue weighted by molar-refractivity contribution is 5.81. The number of aromatic nitrogens is 4. The van der Waals surface area contributed by atoms with E-state index in [1.807, 2.05) is 0 Å². The number of aryl methyl sites for hydroxylation is 2. The van der Waals surface area contributed by atoms with E-state index in [-0.39, 0.29) is 24.7 Å². The molecule has 2 aromatic rings. The molecule has 0 radical (unpaired) electrons. The predicted molar refractivity (Wildman–Crippen MR) is 84.9 cm³/mol. The number of fused-ring (bicyclic) bond motifs is 1. The van der Waals surface area contributed by atoms with Gasteiger partial charge < -0.3 is 9.42 Å². The number of rotatable bonds is 3. The second-order valence-electron chi connectivity index (χ2n) is 6.74. The van der Waals surface area contributed by atoms with Crippen molar-refractivity contribution in [1.82, 2.24) is 24.4 Å². The van der Waals surface area contributed by atoms with Crippen LogP contribution in [0.5, 0.6) is 0 Å². The molecule has 4 rings (SSSR count). The number of likely N-dealkylation sites (tertiary alicyclic amines) is 1. The van der Waals surface area contributed by atoms with E-state index in [1.165, 1.54) is 14.1 Å². The minimum atomic E-state index is -0.971. The van der Waals surface area contributed by atoms with Crippen LogP contribution in [0.2, 0.25) is 0 Å². The second kappa shape index (κ2) is 6.12. The van der Waals surface area contributed by atoms with Crippen molar-refractivity contribution in [2.75, 3.05) is 13.1 Å². The van der Waals surface area contributed by atoms with E-state index in [0.717, 1.165) is 12.1 Å². The van der Waals surface area contributed by atoms with Gasteiger partial charge in [-0.25, -0.2) is 13.9 Å². The molecular formula is C16H20FN5O3. The van der Waals surface area contributed by atoms with Crippen LogP contribution in [0.25, 0.3) is 0 Å². The number of alkyl halides is 1. The molecular weight excluding hydrogens is 329 g/mol. The van der Waals surface area contributed by atoms with E-state index in [2.05, 4.69) is 10.3 Å². The van der Waals surface area contributed by atoms with Crippen molar-refractivity contribution in [3.8, 4) is 0 Å². The van der Waals surface area contributed by atoms with Crippen LogP contribution in [-0.2, 0) is 17.8 Å². The first-order valence-corrected chi connectivity index (χ1v) is 8.56. The van der Waals surface area contributed by atoms with Crippen molar-refractivity contribution in [3.63, 3.8) is 0 Å². The third-order valence-corrected chi connectivity index (χ3v) is 4.84. The Morgan fingerprint density at radius 1 is 1.44 bits per heavy atom. The fourth-order valence-corrected chi connectivity index (χ4v) is 3.64. The van der Waals surface area contributed by atoms with Crippen molar-refractivity contribution in [2.24, 2.45) is 0 Å². The normalized spacial score (nSPS) is 23.0. The number of halogens is 1. The molecule has 0 aliphatic carbocycles. The lowest BCUT2D eigenvalue weighted by molar-refractivity contribution is -0.134. The van der Waals surface area contributed by atoms with Crippen LogP contribution in [0.1, 0.15) is 42.6 Å². The highest BCUT2D eigenvalue weighted by Crippen LogP contribution is 2.26. The summed E-state index contributed by atoms with van der Waals surface area (Å²) in [4.78, 5) is 27.1. The summed E-state index contributed by atoms with van der Waals surface area (Å²) < 4.78 is 21.4. The van der Waals surface area contributed by atoms with Crippen LogP contribution in [0, 0.1) is 6.92 Å². The van der Waals surface area contributed by atoms with Gasteiger partial charge in [0.25, 0.3) is 0 Å². The molecule has 134 valence electrons. The molecule has 0 aromatic carbocycles. The van der Waals surface area contributed by atoms with E-state index in [0.29, 0.717) is 37.4 Å². The summed E-state index contributed by atoms with van der Waals surface area (Å²) in [7, 11) is 0. The van der Waals surface area contributed by atoms with Gasteiger partial charge in [0.2, 0.25) is 5.91 Å². The topological polar surface area (TPSA) is 86.2 Å². The number of amides is 1. The summed E-state index contributed by atoms with van der Waals surface area (Å²) in [6, 6.07) is 1.16. The zero-order valence-corrected chi connectivity index (χ0v) is 14.0. The molecule has 25 heavy (non-hydrogen) atoms. The molecule has 9 heteroatoms. The van der Waals surface area contributed by atoms with Gasteiger partial charge in [-0.3, -0.25) is 9.36 Å². The Morgan fingerprint density at radius 3 is 2.96 bits per heavy atom. The monoisotopic (exact) mass is 349 g/mol. The summed E-state index contributed by atoms with van der Waals surface area (Å²) in [5.74, 6) is 0.956. The van der Waals surface area contributed by atoms with E-state index >= 15 is 0 Å². The molecule has 0 spiro atoms. The molecule has 1 saturated heterocycles. The zero-order chi connectivity index (χ0) is 17.6. The molecule has 2 aromatic heterocycles. The highest BCUT2D eigenvalue weighted by atomic mass is 19.1. The molecule has 0 unspecified atom stereocenters. The van der Waals surface area contributed by atoms with Gasteiger partial charge in [0.1, 0.15) is 24.6 Å². The van der Waals surface area contributed by atoms with Gasteiger partial charge in [-0.1, -0.05) is 5.16 Å². The van der Waals surface area contributed by atoms with Crippen LogP contribution in [0.4, 0.5) is 4.39 Å². The fourth-order valence-electron chi connectivity index (χ4n) is 3.64. The molecule has 0 saturated carbocycles. The van der Waals surface area contributed by atoms with E-state index in [9.17, 15) is 14.0 Å². The molecule has 8 nitrogen and oxygen atoms in total. The second-order valence-corrected chi connectivity index (χ2v) is 6.74. The molecule has 4 heterocycles. The largest absolute Gasteiger partial charge is 0.359 e. The average Bonchev–Trinajstić information content (AvgIpc) is 3.28. The Morgan fingerprint density at radius 2 is 2.28 bits per heavy atom. The van der Waals surface area contributed by atoms with Crippen molar-refractivity contribution in [3.05, 3.63) is 33.8 Å². The Bertz CT molecular complexity index is 854. The van der Waals surface area contributed by atoms with Crippen LogP contribution in [0.3, 0.4) is 0 Å². The lowest BCUT2D eigenvalue weighted by atomic mass is 10.0. The van der Waals surface area contributed by atoms with Crippen LogP contribution >= 0.6 is 0 Å². The first-order chi connectivity index (χ1) is 12.0. The fraction of sp³-hybridized carbons (Fsp3) is 0.625. The summed E-state index contributed by atoms with van der Waals surface area (Å²) in [5, 5.41) is 8.17. The quantitative estimate of drug-likeness (QED) is 0.819. The Hall–Kier alpha value is -2.45. The first kappa shape index (κ1) is 16.0. The lowest BCUT2D eigenvalue weighted by Gasteiger charge is -2.26. The van der Waals surface area contributed by atoms with Crippen molar-refractivity contribution < 1.29 is 13.7 Å². The molecule has 0 bridgehead atoms. The van der Waals surface area contributed by atoms with Crippen molar-refractivity contribution in [1.29, 1.82) is 0 Å². The number of hydrogen-bond acceptors (Lipinski definition) is 5. The van der Waals surface area contributed by atoms with Gasteiger partial charge in [0.05, 0.1) is 12.2 Å². The first-order valence-electron chi connectivity index (χ1n) is 8.56. The maximum absolute atomic E-state index is 13.4. The van der Waals surface area contributed by atoms with Crippen LogP contribution in [0.15, 0.2) is 15.4 Å². The summed E-state index contributed by atoms with van der Waals surface area (Å²) in [5.41, 5.74) is 0.396. The Kier molecular flexibility index (Phi) is 3.93. The zero-order valence-electron chi connectivity index (χ0n) is 14.0. The lowest BCUT2D eigenvalue weighted by Crippen LogP contribution is -2.41. The van der Waals surface area contributed by atoms with Gasteiger partial charge in [-0.2, -0.15) is 5.10 Å². The molecule has 2 aliphatic rings. The van der Waals surface area contributed by atoms with Crippen molar-refractivity contribution in [2.45, 2.75) is 51.4 Å². The van der Waals surface area contributed by atoms with E-state index in [1.54, 1.807) is 13.0 Å². The average molecular weight is 349 g/mol. The third kappa shape index (κ3) is 2.87. The SMILES string of the molecule is Cc1cc(Cn2nc3n(c2=O)[C@@H](C(=O)N2CC[C@H](F)C2)CCC3)on1. The minimum absolute atomic E-state index is 0.116. The van der Waals surface area contributed by atoms with Crippen LogP contribution < -0.4 is 5.69 Å². The molecule has 2 atom stereocenters. The molecule has 2 aliphatic heterocycles. The Labute approximate surface area is 143 Å². The van der Waals surface area contributed by atoms with Gasteiger partial charge in [-0.15, -0.1) is 0 Å². The summed E-state index contributed by atoms with van der Waals surface area (Å²) in [6.45, 7) is 2.50. The summed E-state index contributed by atoms with van der Waals surface area (Å²) >= 11 is 0. The maximum atomic E-state index is 13.4. The third-order valence-electron chi connectivity index (χ3n) is 4.84. The van der Waals surface area contributed by atoms with Crippen LogP contribution in [-0.4, -0.2) is 49.6 Å². The minimum Gasteiger partial charge on any atom is -0.359 e. The van der Waals surface area contributed by atoms with Gasteiger partial charge in [-0.05, 0) is 26.2 Å². The van der Waals surface area contributed by atoms with Gasteiger partial charge in [0.15, 0.2) is 5.76 Å². The van der Waals surface area contributed by atoms with E-state index in [4.69, 9.17) is 4.52 Å². The summed E-state index contributed by atoms with van der Waals surface area (Å²) in [6.07, 6.45) is 1.39. The number of hydrogen-bond donors (Lipinski definition) is 0. The smallest absolute Gasteiger partial charge is 0.347 e.